The number of hydrogen-bond donors (Lipinski definition) is 0. The molecule has 0 amide bonds. The average Bonchev–Trinajstić information content (AvgIpc) is 3.42. The van der Waals surface area contributed by atoms with Gasteiger partial charge in [0.1, 0.15) is 22.0 Å². The van der Waals surface area contributed by atoms with Gasteiger partial charge in [-0.3, -0.25) is 0 Å². The summed E-state index contributed by atoms with van der Waals surface area (Å²) in [5.41, 5.74) is -2.99. The summed E-state index contributed by atoms with van der Waals surface area (Å²) in [6.07, 6.45) is 0. The maximum atomic E-state index is 10.7. The molecule has 1 heterocycles. The standard InChI is InChI=1S/C40H47Cl2N2P.2CHF3O3S/c1-26(2)32-22-16-23-33(27(3)4)36(32)43-38(41)39(45(9,30-18-12-10-13-19-30)31-20-14-11-15-21-31)44(40(43)42)37-34(28(5)6)24-17-25-35(37)29(7)8;2*2-1(3,4)8(5,6)7/h10-29H,1-9H3;2*(H,5,6,7)/q+2;;/p-2. The monoisotopic (exact) mass is 954 g/mol. The SMILES string of the molecule is CC(C)c1cccc(C(C)C)c1-n1c([P+](C)(c2ccccc2)c2ccccc2)c(Cl)[n+](-c2c(C(C)C)cccc2C(C)C)c1Cl.O=S(=O)([O-])C(F)(F)F.O=S(=O)([O-])C(F)(F)F. The minimum Gasteiger partial charge on any atom is -0.741 e. The van der Waals surface area contributed by atoms with Crippen LogP contribution in [0, 0.1) is 0 Å². The third-order valence-corrected chi connectivity index (χ3v) is 15.5. The molecule has 5 aromatic rings. The highest BCUT2D eigenvalue weighted by atomic mass is 35.5. The molecule has 61 heavy (non-hydrogen) atoms. The van der Waals surface area contributed by atoms with Gasteiger partial charge in [-0.15, -0.1) is 4.57 Å². The lowest BCUT2D eigenvalue weighted by molar-refractivity contribution is -0.590. The van der Waals surface area contributed by atoms with Crippen LogP contribution in [-0.2, 0) is 20.2 Å². The molecule has 0 saturated heterocycles. The van der Waals surface area contributed by atoms with E-state index in [0.29, 0.717) is 10.4 Å². The van der Waals surface area contributed by atoms with Gasteiger partial charge in [0.2, 0.25) is 0 Å². The Morgan fingerprint density at radius 3 is 1.13 bits per heavy atom. The predicted octanol–water partition coefficient (Wildman–Crippen LogP) is 10.6. The number of rotatable bonds is 9. The molecule has 19 heteroatoms. The van der Waals surface area contributed by atoms with Crippen molar-refractivity contribution in [3.63, 3.8) is 0 Å². The first-order valence-corrected chi connectivity index (χ1v) is 24.5. The fourth-order valence-electron chi connectivity index (χ4n) is 6.62. The highest BCUT2D eigenvalue weighted by Crippen LogP contribution is 2.54. The number of aromatic nitrogens is 2. The van der Waals surface area contributed by atoms with Gasteiger partial charge in [0.05, 0.1) is 6.66 Å². The van der Waals surface area contributed by atoms with Crippen molar-refractivity contribution in [1.82, 2.24) is 4.57 Å². The van der Waals surface area contributed by atoms with Crippen molar-refractivity contribution in [2.24, 2.45) is 0 Å². The first-order chi connectivity index (χ1) is 27.9. The lowest BCUT2D eigenvalue weighted by Crippen LogP contribution is -2.38. The molecule has 0 aliphatic carbocycles. The molecule has 0 unspecified atom stereocenters. The fourth-order valence-corrected chi connectivity index (χ4v) is 11.2. The van der Waals surface area contributed by atoms with Gasteiger partial charge < -0.3 is 9.11 Å². The van der Waals surface area contributed by atoms with Gasteiger partial charge in [-0.1, -0.05) is 128 Å². The Labute approximate surface area is 364 Å². The van der Waals surface area contributed by atoms with Gasteiger partial charge in [-0.25, -0.2) is 16.8 Å². The normalized spacial score (nSPS) is 12.7. The Morgan fingerprint density at radius 1 is 0.557 bits per heavy atom. The van der Waals surface area contributed by atoms with E-state index in [2.05, 4.69) is 168 Å². The topological polar surface area (TPSA) is 123 Å². The summed E-state index contributed by atoms with van der Waals surface area (Å²) < 4.78 is 122. The van der Waals surface area contributed by atoms with Crippen molar-refractivity contribution in [2.75, 3.05) is 6.66 Å². The van der Waals surface area contributed by atoms with Gasteiger partial charge in [0, 0.05) is 33.9 Å². The number of para-hydroxylation sites is 2. The van der Waals surface area contributed by atoms with Crippen LogP contribution in [0.25, 0.3) is 11.4 Å². The molecule has 0 saturated carbocycles. The molecule has 0 fully saturated rings. The van der Waals surface area contributed by atoms with Crippen LogP contribution in [0.3, 0.4) is 0 Å². The molecular weight excluding hydrogens is 908 g/mol. The largest absolute Gasteiger partial charge is 0.741 e. The molecule has 4 aromatic carbocycles. The number of benzene rings is 4. The third-order valence-electron chi connectivity index (χ3n) is 9.63. The van der Waals surface area contributed by atoms with E-state index in [1.165, 1.54) is 32.9 Å². The van der Waals surface area contributed by atoms with Crippen molar-refractivity contribution in [1.29, 1.82) is 0 Å². The van der Waals surface area contributed by atoms with Gasteiger partial charge in [0.25, 0.3) is 5.15 Å². The van der Waals surface area contributed by atoms with Crippen molar-refractivity contribution in [2.45, 2.75) is 90.1 Å². The minimum absolute atomic E-state index is 0.281. The Bertz CT molecular complexity index is 2380. The maximum absolute atomic E-state index is 10.7. The number of halogens is 8. The lowest BCUT2D eigenvalue weighted by Gasteiger charge is -2.23. The Kier molecular flexibility index (Phi) is 16.9. The van der Waals surface area contributed by atoms with E-state index in [4.69, 9.17) is 49.1 Å². The highest BCUT2D eigenvalue weighted by molar-refractivity contribution is 7.95. The smallest absolute Gasteiger partial charge is 0.485 e. The van der Waals surface area contributed by atoms with Gasteiger partial charge in [-0.05, 0) is 59.5 Å². The molecule has 0 aliphatic rings. The molecule has 0 aliphatic heterocycles. The maximum Gasteiger partial charge on any atom is 0.485 e. The first-order valence-electron chi connectivity index (χ1n) is 18.7. The summed E-state index contributed by atoms with van der Waals surface area (Å²) in [5.74, 6) is 1.13. The lowest BCUT2D eigenvalue weighted by atomic mass is 9.92. The highest BCUT2D eigenvalue weighted by Gasteiger charge is 2.54. The first kappa shape index (κ1) is 51.8. The zero-order valence-corrected chi connectivity index (χ0v) is 38.7. The summed E-state index contributed by atoms with van der Waals surface area (Å²) in [6.45, 7) is 20.5. The Balaban J connectivity index is 0.000000524. The van der Waals surface area contributed by atoms with E-state index in [1.807, 2.05) is 0 Å². The molecule has 0 N–H and O–H groups in total. The molecule has 334 valence electrons. The zero-order valence-electron chi connectivity index (χ0n) is 34.7. The second-order valence-electron chi connectivity index (χ2n) is 15.2. The zero-order chi connectivity index (χ0) is 46.6. The van der Waals surface area contributed by atoms with Crippen LogP contribution in [0.2, 0.25) is 10.4 Å². The summed E-state index contributed by atoms with van der Waals surface area (Å²) >= 11 is 15.8. The number of alkyl halides is 6. The van der Waals surface area contributed by atoms with Crippen molar-refractivity contribution < 1.29 is 56.9 Å². The molecule has 1 aromatic heterocycles. The van der Waals surface area contributed by atoms with Crippen LogP contribution in [0.5, 0.6) is 0 Å². The van der Waals surface area contributed by atoms with Crippen molar-refractivity contribution in [3.05, 3.63) is 130 Å². The number of nitrogens with zero attached hydrogens (tertiary/aromatic N) is 2. The number of hydrogen-bond acceptors (Lipinski definition) is 6. The van der Waals surface area contributed by atoms with Crippen molar-refractivity contribution in [3.8, 4) is 11.4 Å². The Hall–Kier alpha value is -3.50. The quantitative estimate of drug-likeness (QED) is 0.0477. The fraction of sp³-hybridized carbons (Fsp3) is 0.357. The number of imidazole rings is 1. The van der Waals surface area contributed by atoms with Crippen LogP contribution in [0.15, 0.2) is 97.1 Å². The van der Waals surface area contributed by atoms with E-state index < -0.39 is 38.5 Å². The molecule has 0 atom stereocenters. The summed E-state index contributed by atoms with van der Waals surface area (Å²) in [7, 11) is -14.5. The average molecular weight is 956 g/mol. The van der Waals surface area contributed by atoms with E-state index in [9.17, 15) is 26.3 Å². The minimum atomic E-state index is -6.09. The van der Waals surface area contributed by atoms with Crippen LogP contribution in [0.1, 0.15) is 101 Å². The summed E-state index contributed by atoms with van der Waals surface area (Å²) in [4.78, 5) is 0. The van der Waals surface area contributed by atoms with E-state index in [1.54, 1.807) is 0 Å². The molecule has 0 bridgehead atoms. The van der Waals surface area contributed by atoms with Crippen LogP contribution in [0.4, 0.5) is 26.3 Å². The Morgan fingerprint density at radius 2 is 0.852 bits per heavy atom. The van der Waals surface area contributed by atoms with E-state index in [0.717, 1.165) is 16.8 Å². The predicted molar refractivity (Wildman–Crippen MR) is 230 cm³/mol. The molecular formula is C42H47Cl2F6N2O6PS2. The van der Waals surface area contributed by atoms with E-state index in [-0.39, 0.29) is 23.7 Å². The van der Waals surface area contributed by atoms with Crippen LogP contribution in [-0.4, -0.2) is 48.2 Å². The molecule has 8 nitrogen and oxygen atoms in total. The second-order valence-corrected chi connectivity index (χ2v) is 22.1. The second kappa shape index (κ2) is 19.9. The van der Waals surface area contributed by atoms with Gasteiger partial charge in [0.15, 0.2) is 27.5 Å². The third kappa shape index (κ3) is 11.6. The van der Waals surface area contributed by atoms with Crippen molar-refractivity contribution >= 4 is 66.7 Å². The molecule has 0 spiro atoms. The summed E-state index contributed by atoms with van der Waals surface area (Å²) in [6, 6.07) is 35.1. The van der Waals surface area contributed by atoms with Crippen LogP contribution >= 0.6 is 30.5 Å². The van der Waals surface area contributed by atoms with Gasteiger partial charge in [-0.2, -0.15) is 30.9 Å². The van der Waals surface area contributed by atoms with Gasteiger partial charge >= 0.3 is 21.7 Å². The van der Waals surface area contributed by atoms with E-state index >= 15 is 0 Å². The molecule has 0 radical (unpaired) electrons. The van der Waals surface area contributed by atoms with Crippen LogP contribution < -0.4 is 20.6 Å². The molecule has 5 rings (SSSR count). The summed E-state index contributed by atoms with van der Waals surface area (Å²) in [5, 5.41) is 3.80.